The van der Waals surface area contributed by atoms with Gasteiger partial charge in [0, 0.05) is 12.4 Å². The summed E-state index contributed by atoms with van der Waals surface area (Å²) < 4.78 is 2.03. The molecule has 14 heavy (non-hydrogen) atoms. The molecule has 1 saturated carbocycles. The number of nitrogens with zero attached hydrogens (tertiary/aromatic N) is 1. The van der Waals surface area contributed by atoms with Crippen molar-refractivity contribution in [1.29, 1.82) is 5.41 Å². The number of nitrogens with one attached hydrogen (secondary N) is 1. The summed E-state index contributed by atoms with van der Waals surface area (Å²) in [5.74, 6) is 0. The van der Waals surface area contributed by atoms with E-state index < -0.39 is 0 Å². The summed E-state index contributed by atoms with van der Waals surface area (Å²) in [5, 5.41) is 17.7. The van der Waals surface area contributed by atoms with Crippen molar-refractivity contribution in [1.82, 2.24) is 4.57 Å². The quantitative estimate of drug-likeness (QED) is 0.695. The van der Waals surface area contributed by atoms with E-state index in [1.807, 2.05) is 17.0 Å². The molecule has 1 fully saturated rings. The fourth-order valence-electron chi connectivity index (χ4n) is 2.10. The van der Waals surface area contributed by atoms with Crippen molar-refractivity contribution in [3.05, 3.63) is 29.9 Å². The van der Waals surface area contributed by atoms with Gasteiger partial charge in [0.25, 0.3) is 0 Å². The highest BCUT2D eigenvalue weighted by Gasteiger charge is 2.23. The molecule has 2 N–H and O–H groups in total. The molecule has 1 aliphatic carbocycles. The Morgan fingerprint density at radius 2 is 1.86 bits per heavy atom. The lowest BCUT2D eigenvalue weighted by atomic mass is 9.92. The zero-order valence-corrected chi connectivity index (χ0v) is 8.19. The van der Waals surface area contributed by atoms with Crippen LogP contribution in [0.1, 0.15) is 31.7 Å². The Labute approximate surface area is 83.5 Å². The maximum absolute atomic E-state index is 9.82. The third-order valence-corrected chi connectivity index (χ3v) is 2.93. The van der Waals surface area contributed by atoms with Gasteiger partial charge in [-0.05, 0) is 25.0 Å². The Kier molecular flexibility index (Phi) is 2.68. The number of aromatic nitrogens is 1. The molecule has 0 bridgehead atoms. The van der Waals surface area contributed by atoms with Gasteiger partial charge in [-0.2, -0.15) is 0 Å². The Morgan fingerprint density at radius 1 is 1.21 bits per heavy atom. The summed E-state index contributed by atoms with van der Waals surface area (Å²) >= 11 is 0. The van der Waals surface area contributed by atoms with Gasteiger partial charge < -0.3 is 15.1 Å². The first kappa shape index (κ1) is 9.46. The van der Waals surface area contributed by atoms with Crippen molar-refractivity contribution in [3.63, 3.8) is 0 Å². The predicted octanol–water partition coefficient (Wildman–Crippen LogP) is 1.44. The fourth-order valence-corrected chi connectivity index (χ4v) is 2.10. The van der Waals surface area contributed by atoms with Gasteiger partial charge >= 0.3 is 0 Å². The molecule has 0 aliphatic heterocycles. The van der Waals surface area contributed by atoms with Crippen LogP contribution in [0.3, 0.4) is 0 Å². The van der Waals surface area contributed by atoms with Crippen LogP contribution in [0.25, 0.3) is 0 Å². The summed E-state index contributed by atoms with van der Waals surface area (Å²) in [4.78, 5) is 0. The highest BCUT2D eigenvalue weighted by atomic mass is 16.3. The van der Waals surface area contributed by atoms with E-state index in [0.717, 1.165) is 19.3 Å². The van der Waals surface area contributed by atoms with Crippen LogP contribution in [0.5, 0.6) is 0 Å². The molecule has 3 heteroatoms. The van der Waals surface area contributed by atoms with Gasteiger partial charge in [0.2, 0.25) is 0 Å². The van der Waals surface area contributed by atoms with E-state index in [9.17, 15) is 5.11 Å². The molecule has 0 unspecified atom stereocenters. The number of aliphatic hydroxyl groups excluding tert-OH is 1. The normalized spacial score (nSPS) is 27.5. The molecule has 2 atom stereocenters. The lowest BCUT2D eigenvalue weighted by Crippen LogP contribution is -2.27. The van der Waals surface area contributed by atoms with Crippen molar-refractivity contribution < 1.29 is 5.11 Å². The second-order valence-electron chi connectivity index (χ2n) is 3.95. The zero-order chi connectivity index (χ0) is 9.97. The van der Waals surface area contributed by atoms with E-state index >= 15 is 0 Å². The van der Waals surface area contributed by atoms with Gasteiger partial charge in [-0.25, -0.2) is 0 Å². The van der Waals surface area contributed by atoms with Crippen LogP contribution in [0, 0.1) is 5.41 Å². The molecule has 1 aliphatic rings. The highest BCUT2D eigenvalue weighted by molar-refractivity contribution is 4.95. The van der Waals surface area contributed by atoms with E-state index in [1.54, 1.807) is 12.1 Å². The maximum Gasteiger partial charge on any atom is 0.0747 e. The van der Waals surface area contributed by atoms with Crippen LogP contribution in [0.2, 0.25) is 0 Å². The molecular weight excluding hydrogens is 176 g/mol. The average Bonchev–Trinajstić information content (AvgIpc) is 2.20. The van der Waals surface area contributed by atoms with Crippen molar-refractivity contribution in [2.24, 2.45) is 0 Å². The standard InChI is InChI=1S/C11H16N2O/c12-9-5-7-13(8-6-9)10-3-1-2-4-11(10)14/h5-8,10-12,14H,1-4H2/t10-,11-/m0/s1. The van der Waals surface area contributed by atoms with Gasteiger partial charge in [0.15, 0.2) is 0 Å². The molecule has 0 aromatic carbocycles. The summed E-state index contributed by atoms with van der Waals surface area (Å²) in [6.45, 7) is 0. The SMILES string of the molecule is N=c1ccn([C@H]2CCCC[C@@H]2O)cc1. The molecule has 0 spiro atoms. The molecule has 1 heterocycles. The third kappa shape index (κ3) is 1.87. The van der Waals surface area contributed by atoms with Crippen LogP contribution < -0.4 is 5.36 Å². The van der Waals surface area contributed by atoms with Gasteiger partial charge in [-0.15, -0.1) is 0 Å². The summed E-state index contributed by atoms with van der Waals surface area (Å²) in [6.07, 6.45) is 7.84. The van der Waals surface area contributed by atoms with E-state index in [4.69, 9.17) is 5.41 Å². The molecule has 1 aromatic heterocycles. The first-order valence-electron chi connectivity index (χ1n) is 5.18. The van der Waals surface area contributed by atoms with Crippen LogP contribution >= 0.6 is 0 Å². The van der Waals surface area contributed by atoms with Gasteiger partial charge in [-0.3, -0.25) is 0 Å². The Bertz CT molecular complexity index is 338. The molecule has 2 rings (SSSR count). The Hall–Kier alpha value is -1.09. The second kappa shape index (κ2) is 3.96. The largest absolute Gasteiger partial charge is 0.391 e. The highest BCUT2D eigenvalue weighted by Crippen LogP contribution is 2.27. The van der Waals surface area contributed by atoms with Crippen molar-refractivity contribution in [3.8, 4) is 0 Å². The minimum Gasteiger partial charge on any atom is -0.391 e. The van der Waals surface area contributed by atoms with Crippen molar-refractivity contribution >= 4 is 0 Å². The number of rotatable bonds is 1. The molecular formula is C11H16N2O. The zero-order valence-electron chi connectivity index (χ0n) is 8.19. The maximum atomic E-state index is 9.82. The number of aliphatic hydroxyl groups is 1. The minimum absolute atomic E-state index is 0.212. The van der Waals surface area contributed by atoms with E-state index in [0.29, 0.717) is 5.36 Å². The number of hydrogen-bond donors (Lipinski definition) is 2. The van der Waals surface area contributed by atoms with E-state index in [-0.39, 0.29) is 12.1 Å². The molecule has 76 valence electrons. The first-order valence-corrected chi connectivity index (χ1v) is 5.18. The predicted molar refractivity (Wildman–Crippen MR) is 53.8 cm³/mol. The fraction of sp³-hybridized carbons (Fsp3) is 0.545. The Balaban J connectivity index is 2.20. The van der Waals surface area contributed by atoms with Gasteiger partial charge in [-0.1, -0.05) is 12.8 Å². The van der Waals surface area contributed by atoms with Crippen LogP contribution in [-0.2, 0) is 0 Å². The molecule has 0 amide bonds. The van der Waals surface area contributed by atoms with Crippen LogP contribution in [0.4, 0.5) is 0 Å². The summed E-state index contributed by atoms with van der Waals surface area (Å²) in [6, 6.07) is 3.74. The van der Waals surface area contributed by atoms with E-state index in [2.05, 4.69) is 0 Å². The van der Waals surface area contributed by atoms with Crippen molar-refractivity contribution in [2.45, 2.75) is 37.8 Å². The molecule has 0 saturated heterocycles. The smallest absolute Gasteiger partial charge is 0.0747 e. The molecule has 3 nitrogen and oxygen atoms in total. The topological polar surface area (TPSA) is 49.0 Å². The Morgan fingerprint density at radius 3 is 2.50 bits per heavy atom. The van der Waals surface area contributed by atoms with E-state index in [1.165, 1.54) is 6.42 Å². The lowest BCUT2D eigenvalue weighted by molar-refractivity contribution is 0.0752. The van der Waals surface area contributed by atoms with Gasteiger partial charge in [0.1, 0.15) is 0 Å². The van der Waals surface area contributed by atoms with Gasteiger partial charge in [0.05, 0.1) is 17.5 Å². The molecule has 0 radical (unpaired) electrons. The first-order chi connectivity index (χ1) is 6.77. The summed E-state index contributed by atoms with van der Waals surface area (Å²) in [5.41, 5.74) is 0. The summed E-state index contributed by atoms with van der Waals surface area (Å²) in [7, 11) is 0. The minimum atomic E-state index is -0.217. The lowest BCUT2D eigenvalue weighted by Gasteiger charge is -2.29. The number of hydrogen-bond acceptors (Lipinski definition) is 2. The number of pyridine rings is 1. The van der Waals surface area contributed by atoms with Crippen molar-refractivity contribution in [2.75, 3.05) is 0 Å². The van der Waals surface area contributed by atoms with Crippen LogP contribution in [0.15, 0.2) is 24.5 Å². The average molecular weight is 192 g/mol. The third-order valence-electron chi connectivity index (χ3n) is 2.93. The van der Waals surface area contributed by atoms with Crippen LogP contribution in [-0.4, -0.2) is 15.8 Å². The molecule has 1 aromatic rings. The second-order valence-corrected chi connectivity index (χ2v) is 3.95. The monoisotopic (exact) mass is 192 g/mol.